The van der Waals surface area contributed by atoms with Crippen LogP contribution in [0.4, 0.5) is 14.7 Å². The highest BCUT2D eigenvalue weighted by Crippen LogP contribution is 2.29. The molecule has 4 rings (SSSR count). The molecule has 2 fully saturated rings. The lowest BCUT2D eigenvalue weighted by molar-refractivity contribution is 0.222. The van der Waals surface area contributed by atoms with Gasteiger partial charge in [-0.3, -0.25) is 0 Å². The minimum Gasteiger partial charge on any atom is -0.508 e. The third-order valence-electron chi connectivity index (χ3n) is 6.11. The standard InChI is InChI=1S/C23H31N5O3S/c29-19-13-7-8-16(14-19)20-15-32-23(26-20)28(22(31)25-18-11-5-2-6-12-18)27-21(30)24-17-9-3-1-4-10-17/h7-8,13-15,17-18,29H,1-6,9-12H2,(H,25,31)(H2,24,27,30). The Labute approximate surface area is 192 Å². The van der Waals surface area contributed by atoms with Crippen molar-refractivity contribution in [3.63, 3.8) is 0 Å². The van der Waals surface area contributed by atoms with Crippen LogP contribution in [0.2, 0.25) is 0 Å². The van der Waals surface area contributed by atoms with E-state index in [1.54, 1.807) is 18.2 Å². The van der Waals surface area contributed by atoms with Gasteiger partial charge in [0.15, 0.2) is 0 Å². The van der Waals surface area contributed by atoms with E-state index in [0.29, 0.717) is 10.8 Å². The number of phenols is 1. The summed E-state index contributed by atoms with van der Waals surface area (Å²) in [5.41, 5.74) is 4.09. The monoisotopic (exact) mass is 457 g/mol. The lowest BCUT2D eigenvalue weighted by Crippen LogP contribution is -2.57. The molecule has 0 atom stereocenters. The van der Waals surface area contributed by atoms with Crippen LogP contribution < -0.4 is 21.1 Å². The lowest BCUT2D eigenvalue weighted by Gasteiger charge is -2.28. The Morgan fingerprint density at radius 1 is 0.969 bits per heavy atom. The molecule has 8 nitrogen and oxygen atoms in total. The predicted molar refractivity (Wildman–Crippen MR) is 126 cm³/mol. The van der Waals surface area contributed by atoms with Crippen molar-refractivity contribution < 1.29 is 14.7 Å². The minimum absolute atomic E-state index is 0.104. The summed E-state index contributed by atoms with van der Waals surface area (Å²) in [6, 6.07) is 6.25. The quantitative estimate of drug-likeness (QED) is 0.489. The number of nitrogens with one attached hydrogen (secondary N) is 3. The number of hydrogen-bond acceptors (Lipinski definition) is 5. The summed E-state index contributed by atoms with van der Waals surface area (Å²) in [6.07, 6.45) is 10.6. The number of thiazole rings is 1. The number of aromatic hydroxyl groups is 1. The summed E-state index contributed by atoms with van der Waals surface area (Å²) < 4.78 is 0. The summed E-state index contributed by atoms with van der Waals surface area (Å²) in [7, 11) is 0. The molecule has 2 saturated carbocycles. The van der Waals surface area contributed by atoms with E-state index < -0.39 is 6.03 Å². The van der Waals surface area contributed by atoms with E-state index in [0.717, 1.165) is 56.9 Å². The first-order valence-corrected chi connectivity index (χ1v) is 12.4. The maximum absolute atomic E-state index is 13.1. The first-order chi connectivity index (χ1) is 15.6. The number of hydrogen-bond donors (Lipinski definition) is 4. The van der Waals surface area contributed by atoms with Gasteiger partial charge < -0.3 is 15.7 Å². The van der Waals surface area contributed by atoms with E-state index in [9.17, 15) is 14.7 Å². The van der Waals surface area contributed by atoms with E-state index in [4.69, 9.17) is 0 Å². The summed E-state index contributed by atoms with van der Waals surface area (Å²) in [5, 5.41) is 19.2. The molecule has 9 heteroatoms. The molecule has 2 aliphatic rings. The molecule has 0 bridgehead atoms. The van der Waals surface area contributed by atoms with Crippen molar-refractivity contribution in [1.29, 1.82) is 0 Å². The van der Waals surface area contributed by atoms with Crippen molar-refractivity contribution in [2.45, 2.75) is 76.3 Å². The van der Waals surface area contributed by atoms with Gasteiger partial charge in [-0.25, -0.2) is 20.0 Å². The van der Waals surface area contributed by atoms with Crippen LogP contribution in [0, 0.1) is 0 Å². The van der Waals surface area contributed by atoms with Gasteiger partial charge in [0, 0.05) is 23.0 Å². The number of aromatic nitrogens is 1. The van der Waals surface area contributed by atoms with Crippen LogP contribution in [0.25, 0.3) is 11.3 Å². The number of nitrogens with zero attached hydrogens (tertiary/aromatic N) is 2. The summed E-state index contributed by atoms with van der Waals surface area (Å²) in [5.74, 6) is 0.147. The molecule has 0 aliphatic heterocycles. The zero-order valence-corrected chi connectivity index (χ0v) is 19.0. The minimum atomic E-state index is -0.398. The Bertz CT molecular complexity index is 922. The molecule has 4 amide bonds. The average molecular weight is 458 g/mol. The number of carbonyl (C=O) groups excluding carboxylic acids is 2. The van der Waals surface area contributed by atoms with Crippen LogP contribution in [0.5, 0.6) is 5.75 Å². The first-order valence-electron chi connectivity index (χ1n) is 11.5. The van der Waals surface area contributed by atoms with Gasteiger partial charge in [0.1, 0.15) is 5.75 Å². The highest BCUT2D eigenvalue weighted by atomic mass is 32.1. The number of benzene rings is 1. The number of urea groups is 2. The van der Waals surface area contributed by atoms with Crippen molar-refractivity contribution >= 4 is 28.5 Å². The molecule has 4 N–H and O–H groups in total. The fourth-order valence-electron chi connectivity index (χ4n) is 4.40. The SMILES string of the molecule is O=C(NC1CCCCC1)NN(C(=O)NC1CCCCC1)c1nc(-c2cccc(O)c2)cs1. The van der Waals surface area contributed by atoms with Gasteiger partial charge in [0.25, 0.3) is 0 Å². The van der Waals surface area contributed by atoms with Crippen molar-refractivity contribution in [3.05, 3.63) is 29.6 Å². The molecule has 0 unspecified atom stereocenters. The Balaban J connectivity index is 1.49. The van der Waals surface area contributed by atoms with Gasteiger partial charge in [-0.15, -0.1) is 11.3 Å². The summed E-state index contributed by atoms with van der Waals surface area (Å²) in [6.45, 7) is 0. The van der Waals surface area contributed by atoms with Crippen LogP contribution in [0.15, 0.2) is 29.6 Å². The molecule has 32 heavy (non-hydrogen) atoms. The molecular weight excluding hydrogens is 426 g/mol. The lowest BCUT2D eigenvalue weighted by atomic mass is 9.96. The number of rotatable bonds is 4. The van der Waals surface area contributed by atoms with Gasteiger partial charge in [-0.1, -0.05) is 50.7 Å². The van der Waals surface area contributed by atoms with Crippen LogP contribution in [-0.4, -0.2) is 34.2 Å². The number of anilines is 1. The number of phenolic OH excluding ortho intramolecular Hbond substituents is 1. The smallest absolute Gasteiger partial charge is 0.343 e. The number of hydrazine groups is 1. The van der Waals surface area contributed by atoms with Gasteiger partial charge in [-0.05, 0) is 37.8 Å². The average Bonchev–Trinajstić information content (AvgIpc) is 3.29. The van der Waals surface area contributed by atoms with Crippen molar-refractivity contribution in [2.24, 2.45) is 0 Å². The number of amides is 4. The highest BCUT2D eigenvalue weighted by Gasteiger charge is 2.26. The van der Waals surface area contributed by atoms with Gasteiger partial charge in [0.05, 0.1) is 5.69 Å². The van der Waals surface area contributed by atoms with Crippen LogP contribution in [-0.2, 0) is 0 Å². The molecule has 0 saturated heterocycles. The Hall–Kier alpha value is -2.81. The van der Waals surface area contributed by atoms with Gasteiger partial charge >= 0.3 is 12.1 Å². The van der Waals surface area contributed by atoms with Crippen molar-refractivity contribution in [2.75, 3.05) is 5.01 Å². The van der Waals surface area contributed by atoms with E-state index in [1.807, 2.05) is 11.4 Å². The zero-order chi connectivity index (χ0) is 22.3. The van der Waals surface area contributed by atoms with Crippen LogP contribution in [0.1, 0.15) is 64.2 Å². The zero-order valence-electron chi connectivity index (χ0n) is 18.2. The molecule has 1 heterocycles. The molecule has 172 valence electrons. The van der Waals surface area contributed by atoms with E-state index >= 15 is 0 Å². The van der Waals surface area contributed by atoms with Crippen molar-refractivity contribution in [1.82, 2.24) is 21.0 Å². The molecular formula is C23H31N5O3S. The topological polar surface area (TPSA) is 107 Å². The predicted octanol–water partition coefficient (Wildman–Crippen LogP) is 4.91. The fourth-order valence-corrected chi connectivity index (χ4v) is 5.19. The second kappa shape index (κ2) is 10.7. The largest absolute Gasteiger partial charge is 0.508 e. The van der Waals surface area contributed by atoms with Gasteiger partial charge in [0.2, 0.25) is 5.13 Å². The molecule has 2 aliphatic carbocycles. The third-order valence-corrected chi connectivity index (χ3v) is 6.94. The van der Waals surface area contributed by atoms with E-state index in [-0.39, 0.29) is 23.9 Å². The number of carbonyl (C=O) groups is 2. The van der Waals surface area contributed by atoms with Crippen molar-refractivity contribution in [3.8, 4) is 17.0 Å². The van der Waals surface area contributed by atoms with Gasteiger partial charge in [-0.2, -0.15) is 5.01 Å². The highest BCUT2D eigenvalue weighted by molar-refractivity contribution is 7.14. The first kappa shape index (κ1) is 22.4. The molecule has 0 spiro atoms. The third kappa shape index (κ3) is 5.91. The normalized spacial score (nSPS) is 17.5. The van der Waals surface area contributed by atoms with E-state index in [2.05, 4.69) is 21.0 Å². The summed E-state index contributed by atoms with van der Waals surface area (Å²) in [4.78, 5) is 30.4. The summed E-state index contributed by atoms with van der Waals surface area (Å²) >= 11 is 1.27. The maximum atomic E-state index is 13.1. The van der Waals surface area contributed by atoms with Crippen LogP contribution >= 0.6 is 11.3 Å². The molecule has 2 aromatic rings. The molecule has 0 radical (unpaired) electrons. The Morgan fingerprint density at radius 2 is 1.62 bits per heavy atom. The second-order valence-electron chi connectivity index (χ2n) is 8.61. The second-order valence-corrected chi connectivity index (χ2v) is 9.44. The van der Waals surface area contributed by atoms with Crippen LogP contribution in [0.3, 0.4) is 0 Å². The Morgan fingerprint density at radius 3 is 2.28 bits per heavy atom. The Kier molecular flexibility index (Phi) is 7.47. The molecule has 1 aromatic heterocycles. The fraction of sp³-hybridized carbons (Fsp3) is 0.522. The van der Waals surface area contributed by atoms with E-state index in [1.165, 1.54) is 29.2 Å². The molecule has 1 aromatic carbocycles. The maximum Gasteiger partial charge on any atom is 0.343 e.